The van der Waals surface area contributed by atoms with Gasteiger partial charge in [-0.1, -0.05) is 40.2 Å². The van der Waals surface area contributed by atoms with E-state index < -0.39 is 0 Å². The lowest BCUT2D eigenvalue weighted by molar-refractivity contribution is 0.642. The number of guanidine groups is 1. The van der Waals surface area contributed by atoms with Gasteiger partial charge in [0.2, 0.25) is 0 Å². The normalized spacial score (nSPS) is 15.2. The minimum Gasteiger partial charge on any atom is -0.356 e. The third-order valence-corrected chi connectivity index (χ3v) is 5.21. The van der Waals surface area contributed by atoms with E-state index in [1.807, 2.05) is 31.4 Å². The van der Waals surface area contributed by atoms with Gasteiger partial charge in [0.15, 0.2) is 5.96 Å². The summed E-state index contributed by atoms with van der Waals surface area (Å²) < 4.78 is 1.20. The fraction of sp³-hybridized carbons (Fsp3) is 0.368. The van der Waals surface area contributed by atoms with Gasteiger partial charge < -0.3 is 10.6 Å². The second-order valence-corrected chi connectivity index (χ2v) is 7.04. The van der Waals surface area contributed by atoms with Crippen molar-refractivity contribution in [3.8, 4) is 0 Å². The summed E-state index contributed by atoms with van der Waals surface area (Å²) in [4.78, 5) is 8.67. The summed E-state index contributed by atoms with van der Waals surface area (Å²) in [7, 11) is 1.81. The summed E-state index contributed by atoms with van der Waals surface area (Å²) in [5.74, 6) is 0.851. The van der Waals surface area contributed by atoms with Gasteiger partial charge in [0.25, 0.3) is 0 Å². The molecule has 6 heteroatoms. The summed E-state index contributed by atoms with van der Waals surface area (Å²) in [6.07, 6.45) is 5.15. The fourth-order valence-corrected chi connectivity index (χ4v) is 3.62. The molecule has 1 saturated carbocycles. The van der Waals surface area contributed by atoms with Crippen LogP contribution in [-0.2, 0) is 11.8 Å². The number of benzene rings is 1. The molecule has 0 aliphatic heterocycles. The van der Waals surface area contributed by atoms with Crippen LogP contribution in [0, 0.1) is 0 Å². The number of rotatable bonds is 6. The zero-order chi connectivity index (χ0) is 16.8. The van der Waals surface area contributed by atoms with Crippen molar-refractivity contribution in [2.45, 2.75) is 24.7 Å². The Morgan fingerprint density at radius 3 is 2.56 bits per heavy atom. The van der Waals surface area contributed by atoms with E-state index >= 15 is 0 Å². The molecule has 0 spiro atoms. The van der Waals surface area contributed by atoms with Crippen molar-refractivity contribution < 1.29 is 0 Å². The van der Waals surface area contributed by atoms with Crippen LogP contribution in [0.15, 0.2) is 58.1 Å². The lowest BCUT2D eigenvalue weighted by Gasteiger charge is -2.20. The average Bonchev–Trinajstić information content (AvgIpc) is 3.40. The van der Waals surface area contributed by atoms with Crippen molar-refractivity contribution in [1.29, 1.82) is 0 Å². The molecule has 0 saturated heterocycles. The second kappa shape index (κ2) is 9.52. The van der Waals surface area contributed by atoms with Crippen LogP contribution in [0.1, 0.15) is 24.1 Å². The van der Waals surface area contributed by atoms with Crippen LogP contribution in [-0.4, -0.2) is 31.1 Å². The van der Waals surface area contributed by atoms with E-state index in [0.717, 1.165) is 31.2 Å². The molecular formula is C19H24BrIN4. The molecule has 0 unspecified atom stereocenters. The van der Waals surface area contributed by atoms with Gasteiger partial charge in [-0.2, -0.15) is 0 Å². The Bertz CT molecular complexity index is 702. The molecule has 0 amide bonds. The summed E-state index contributed by atoms with van der Waals surface area (Å²) in [6.45, 7) is 1.72. The molecule has 1 fully saturated rings. The van der Waals surface area contributed by atoms with Gasteiger partial charge in [0, 0.05) is 48.3 Å². The Morgan fingerprint density at radius 1 is 1.16 bits per heavy atom. The molecule has 1 aromatic heterocycles. The van der Waals surface area contributed by atoms with E-state index in [1.54, 1.807) is 0 Å². The molecule has 1 aliphatic rings. The molecule has 0 bridgehead atoms. The molecule has 1 heterocycles. The van der Waals surface area contributed by atoms with Crippen molar-refractivity contribution in [3.63, 3.8) is 0 Å². The topological polar surface area (TPSA) is 49.3 Å². The molecule has 0 radical (unpaired) electrons. The summed E-state index contributed by atoms with van der Waals surface area (Å²) in [6, 6.07) is 14.5. The monoisotopic (exact) mass is 514 g/mol. The molecule has 1 aromatic carbocycles. The van der Waals surface area contributed by atoms with Gasteiger partial charge in [0.05, 0.1) is 0 Å². The number of nitrogens with zero attached hydrogens (tertiary/aromatic N) is 2. The molecule has 134 valence electrons. The molecule has 2 aromatic rings. The minimum atomic E-state index is 0. The Morgan fingerprint density at radius 2 is 1.92 bits per heavy atom. The third kappa shape index (κ3) is 5.41. The highest BCUT2D eigenvalue weighted by Gasteiger charge is 2.45. The zero-order valence-electron chi connectivity index (χ0n) is 14.3. The maximum absolute atomic E-state index is 4.34. The maximum Gasteiger partial charge on any atom is 0.191 e. The highest BCUT2D eigenvalue weighted by Crippen LogP contribution is 2.49. The number of hydrogen-bond acceptors (Lipinski definition) is 2. The van der Waals surface area contributed by atoms with E-state index in [2.05, 4.69) is 60.8 Å². The summed E-state index contributed by atoms with van der Waals surface area (Å²) in [5.41, 5.74) is 2.72. The van der Waals surface area contributed by atoms with E-state index in [-0.39, 0.29) is 29.4 Å². The zero-order valence-corrected chi connectivity index (χ0v) is 18.3. The van der Waals surface area contributed by atoms with E-state index in [4.69, 9.17) is 0 Å². The van der Waals surface area contributed by atoms with Crippen LogP contribution in [0.4, 0.5) is 0 Å². The van der Waals surface area contributed by atoms with Crippen LogP contribution < -0.4 is 10.6 Å². The fourth-order valence-electron chi connectivity index (χ4n) is 2.91. The Hall–Kier alpha value is -1.15. The average molecular weight is 515 g/mol. The van der Waals surface area contributed by atoms with E-state index in [9.17, 15) is 0 Å². The highest BCUT2D eigenvalue weighted by molar-refractivity contribution is 14.0. The molecule has 3 rings (SSSR count). The Kier molecular flexibility index (Phi) is 7.68. The smallest absolute Gasteiger partial charge is 0.191 e. The summed E-state index contributed by atoms with van der Waals surface area (Å²) >= 11 is 3.68. The molecule has 2 N–H and O–H groups in total. The first-order valence-corrected chi connectivity index (χ1v) is 9.12. The van der Waals surface area contributed by atoms with Crippen molar-refractivity contribution >= 4 is 45.9 Å². The standard InChI is InChI=1S/C19H23BrN4.HI/c1-21-18(23-13-9-15-6-4-5-12-22-15)24-14-19(10-11-19)16-7-2-3-8-17(16)20;/h2-8,12H,9-11,13-14H2,1H3,(H2,21,23,24);1H. The van der Waals surface area contributed by atoms with Gasteiger partial charge in [-0.15, -0.1) is 24.0 Å². The van der Waals surface area contributed by atoms with Crippen molar-refractivity contribution in [1.82, 2.24) is 15.6 Å². The summed E-state index contributed by atoms with van der Waals surface area (Å²) in [5, 5.41) is 6.85. The van der Waals surface area contributed by atoms with Crippen LogP contribution >= 0.6 is 39.9 Å². The molecule has 1 aliphatic carbocycles. The van der Waals surface area contributed by atoms with Gasteiger partial charge in [-0.25, -0.2) is 0 Å². The largest absolute Gasteiger partial charge is 0.356 e. The Balaban J connectivity index is 0.00000225. The third-order valence-electron chi connectivity index (χ3n) is 4.52. The number of hydrogen-bond donors (Lipinski definition) is 2. The lowest BCUT2D eigenvalue weighted by Crippen LogP contribution is -2.42. The number of nitrogens with one attached hydrogen (secondary N) is 2. The van der Waals surface area contributed by atoms with Crippen LogP contribution in [0.25, 0.3) is 0 Å². The maximum atomic E-state index is 4.34. The van der Waals surface area contributed by atoms with Crippen molar-refractivity contribution in [2.75, 3.05) is 20.1 Å². The number of halogens is 2. The van der Waals surface area contributed by atoms with Gasteiger partial charge >= 0.3 is 0 Å². The number of aromatic nitrogens is 1. The van der Waals surface area contributed by atoms with Gasteiger partial charge in [-0.05, 0) is 36.6 Å². The van der Waals surface area contributed by atoms with Crippen molar-refractivity contribution in [2.24, 2.45) is 4.99 Å². The predicted octanol–water partition coefficient (Wildman–Crippen LogP) is 3.90. The molecule has 4 nitrogen and oxygen atoms in total. The van der Waals surface area contributed by atoms with Gasteiger partial charge in [-0.3, -0.25) is 9.98 Å². The molecular weight excluding hydrogens is 491 g/mol. The second-order valence-electron chi connectivity index (χ2n) is 6.18. The van der Waals surface area contributed by atoms with Crippen molar-refractivity contribution in [3.05, 3.63) is 64.4 Å². The Labute approximate surface area is 175 Å². The number of aliphatic imine (C=N–C) groups is 1. The first-order chi connectivity index (χ1) is 11.7. The van der Waals surface area contributed by atoms with E-state index in [0.29, 0.717) is 0 Å². The number of pyridine rings is 1. The first kappa shape index (κ1) is 20.2. The van der Waals surface area contributed by atoms with Crippen LogP contribution in [0.5, 0.6) is 0 Å². The first-order valence-electron chi connectivity index (χ1n) is 8.33. The quantitative estimate of drug-likeness (QED) is 0.349. The SMILES string of the molecule is CN=C(NCCc1ccccn1)NCC1(c2ccccc2Br)CC1.I. The highest BCUT2D eigenvalue weighted by atomic mass is 127. The van der Waals surface area contributed by atoms with Gasteiger partial charge in [0.1, 0.15) is 0 Å². The molecule has 25 heavy (non-hydrogen) atoms. The minimum absolute atomic E-state index is 0. The predicted molar refractivity (Wildman–Crippen MR) is 118 cm³/mol. The lowest BCUT2D eigenvalue weighted by atomic mass is 9.96. The van der Waals surface area contributed by atoms with Crippen LogP contribution in [0.2, 0.25) is 0 Å². The van der Waals surface area contributed by atoms with E-state index in [1.165, 1.54) is 22.9 Å². The van der Waals surface area contributed by atoms with Crippen LogP contribution in [0.3, 0.4) is 0 Å². The molecule has 0 atom stereocenters.